The van der Waals surface area contributed by atoms with Crippen molar-refractivity contribution in [3.8, 4) is 0 Å². The second kappa shape index (κ2) is 5.49. The molecule has 18 heavy (non-hydrogen) atoms. The summed E-state index contributed by atoms with van der Waals surface area (Å²) in [5, 5.41) is 3.67. The molecule has 102 valence electrons. The first kappa shape index (κ1) is 14.3. The van der Waals surface area contributed by atoms with E-state index in [0.29, 0.717) is 17.5 Å². The molecule has 0 aliphatic carbocycles. The Kier molecular flexibility index (Phi) is 4.37. The van der Waals surface area contributed by atoms with Crippen LogP contribution in [0.25, 0.3) is 0 Å². The van der Waals surface area contributed by atoms with Gasteiger partial charge in [-0.25, -0.2) is 0 Å². The molecule has 1 fully saturated rings. The van der Waals surface area contributed by atoms with Gasteiger partial charge in [0.15, 0.2) is 0 Å². The fourth-order valence-corrected chi connectivity index (χ4v) is 3.47. The maximum atomic E-state index is 6.00. The molecule has 1 aromatic heterocycles. The minimum Gasteiger partial charge on any atom is -0.311 e. The third-order valence-corrected chi connectivity index (χ3v) is 4.95. The van der Waals surface area contributed by atoms with Gasteiger partial charge in [-0.05, 0) is 24.5 Å². The molecule has 2 rings (SSSR count). The molecule has 1 aliphatic heterocycles. The maximum absolute atomic E-state index is 6.00. The molecule has 0 amide bonds. The highest BCUT2D eigenvalue weighted by Crippen LogP contribution is 2.27. The second-order valence-electron chi connectivity index (χ2n) is 6.31. The minimum absolute atomic E-state index is 0.311. The van der Waals surface area contributed by atoms with Crippen molar-refractivity contribution >= 4 is 22.9 Å². The fraction of sp³-hybridized carbons (Fsp3) is 0.714. The normalized spacial score (nSPS) is 26.5. The molecule has 0 saturated carbocycles. The van der Waals surface area contributed by atoms with Crippen LogP contribution in [0.2, 0.25) is 4.34 Å². The minimum atomic E-state index is 0.311. The lowest BCUT2D eigenvalue weighted by Crippen LogP contribution is -2.59. The summed E-state index contributed by atoms with van der Waals surface area (Å²) in [5.41, 5.74) is 0.311. The molecule has 2 unspecified atom stereocenters. The highest BCUT2D eigenvalue weighted by molar-refractivity contribution is 7.16. The van der Waals surface area contributed by atoms with Crippen LogP contribution in [0.15, 0.2) is 12.1 Å². The van der Waals surface area contributed by atoms with Crippen LogP contribution in [0.1, 0.15) is 32.6 Å². The Labute approximate surface area is 119 Å². The fourth-order valence-electron chi connectivity index (χ4n) is 2.36. The lowest BCUT2D eigenvalue weighted by molar-refractivity contribution is 0.0886. The number of nitrogens with one attached hydrogen (secondary N) is 1. The van der Waals surface area contributed by atoms with Crippen LogP contribution >= 0.6 is 22.9 Å². The van der Waals surface area contributed by atoms with Gasteiger partial charge in [0.2, 0.25) is 0 Å². The number of piperazine rings is 1. The first-order chi connectivity index (χ1) is 8.36. The van der Waals surface area contributed by atoms with E-state index in [1.54, 1.807) is 11.3 Å². The van der Waals surface area contributed by atoms with Crippen molar-refractivity contribution in [2.24, 2.45) is 5.41 Å². The van der Waals surface area contributed by atoms with Gasteiger partial charge in [-0.3, -0.25) is 4.90 Å². The number of nitrogens with zero attached hydrogens (tertiary/aromatic N) is 1. The van der Waals surface area contributed by atoms with E-state index in [1.807, 2.05) is 6.07 Å². The molecule has 0 radical (unpaired) electrons. The topological polar surface area (TPSA) is 15.3 Å². The van der Waals surface area contributed by atoms with Crippen molar-refractivity contribution in [2.75, 3.05) is 13.1 Å². The van der Waals surface area contributed by atoms with E-state index < -0.39 is 0 Å². The Morgan fingerprint density at radius 3 is 2.72 bits per heavy atom. The van der Waals surface area contributed by atoms with Crippen molar-refractivity contribution in [1.29, 1.82) is 0 Å². The van der Waals surface area contributed by atoms with Crippen molar-refractivity contribution in [1.82, 2.24) is 10.2 Å². The second-order valence-corrected chi connectivity index (χ2v) is 8.11. The molecule has 1 aromatic rings. The number of hydrogen-bond donors (Lipinski definition) is 1. The summed E-state index contributed by atoms with van der Waals surface area (Å²) in [7, 11) is 0. The Morgan fingerprint density at radius 2 is 2.17 bits per heavy atom. The van der Waals surface area contributed by atoms with Crippen LogP contribution in [0.5, 0.6) is 0 Å². The molecule has 1 N–H and O–H groups in total. The Balaban J connectivity index is 2.02. The zero-order valence-corrected chi connectivity index (χ0v) is 13.2. The highest BCUT2D eigenvalue weighted by Gasteiger charge is 2.32. The molecule has 1 aliphatic rings. The van der Waals surface area contributed by atoms with Gasteiger partial charge < -0.3 is 5.32 Å². The van der Waals surface area contributed by atoms with Gasteiger partial charge in [0.1, 0.15) is 0 Å². The molecular weight excluding hydrogens is 264 g/mol. The summed E-state index contributed by atoms with van der Waals surface area (Å²) in [6.45, 7) is 12.4. The van der Waals surface area contributed by atoms with Crippen molar-refractivity contribution < 1.29 is 0 Å². The summed E-state index contributed by atoms with van der Waals surface area (Å²) in [5.74, 6) is 0. The zero-order valence-electron chi connectivity index (χ0n) is 11.7. The number of hydrogen-bond acceptors (Lipinski definition) is 3. The molecule has 4 heteroatoms. The zero-order chi connectivity index (χ0) is 13.3. The summed E-state index contributed by atoms with van der Waals surface area (Å²) in [4.78, 5) is 3.93. The van der Waals surface area contributed by atoms with E-state index >= 15 is 0 Å². The third-order valence-electron chi connectivity index (χ3n) is 3.73. The summed E-state index contributed by atoms with van der Waals surface area (Å²) >= 11 is 7.70. The van der Waals surface area contributed by atoms with Crippen molar-refractivity contribution in [3.05, 3.63) is 21.3 Å². The van der Waals surface area contributed by atoms with Gasteiger partial charge in [0.25, 0.3) is 0 Å². The lowest BCUT2D eigenvalue weighted by Gasteiger charge is -2.43. The summed E-state index contributed by atoms with van der Waals surface area (Å²) in [6.07, 6.45) is 0. The quantitative estimate of drug-likeness (QED) is 0.893. The standard InChI is InChI=1S/C14H23ClN2S/c1-10-7-16-12(14(2,3)4)9-17(10)8-11-5-6-13(15)18-11/h5-6,10,12,16H,7-9H2,1-4H3. The molecule has 2 atom stereocenters. The Bertz CT molecular complexity index is 397. The Hall–Kier alpha value is -0.0900. The molecule has 0 bridgehead atoms. The molecule has 2 nitrogen and oxygen atoms in total. The van der Waals surface area contributed by atoms with Crippen LogP contribution < -0.4 is 5.32 Å². The number of thiophene rings is 1. The number of halogens is 1. The van der Waals surface area contributed by atoms with E-state index in [4.69, 9.17) is 11.6 Å². The van der Waals surface area contributed by atoms with Crippen LogP contribution in [0.4, 0.5) is 0 Å². The lowest BCUT2D eigenvalue weighted by atomic mass is 9.85. The van der Waals surface area contributed by atoms with Gasteiger partial charge in [-0.2, -0.15) is 0 Å². The SMILES string of the molecule is CC1CNC(C(C)(C)C)CN1Cc1ccc(Cl)s1. The average molecular weight is 287 g/mol. The monoisotopic (exact) mass is 286 g/mol. The average Bonchev–Trinajstić information content (AvgIpc) is 2.66. The molecular formula is C14H23ClN2S. The first-order valence-electron chi connectivity index (χ1n) is 6.58. The van der Waals surface area contributed by atoms with Crippen molar-refractivity contribution in [3.63, 3.8) is 0 Å². The Morgan fingerprint density at radius 1 is 1.44 bits per heavy atom. The van der Waals surface area contributed by atoms with Crippen LogP contribution in [0, 0.1) is 5.41 Å². The van der Waals surface area contributed by atoms with Gasteiger partial charge in [-0.1, -0.05) is 32.4 Å². The van der Waals surface area contributed by atoms with E-state index in [1.165, 1.54) is 4.88 Å². The van der Waals surface area contributed by atoms with Gasteiger partial charge in [0.05, 0.1) is 4.34 Å². The molecule has 1 saturated heterocycles. The van der Waals surface area contributed by atoms with E-state index in [-0.39, 0.29) is 0 Å². The molecule has 0 spiro atoms. The van der Waals surface area contributed by atoms with Crippen LogP contribution in [-0.2, 0) is 6.54 Å². The predicted molar refractivity (Wildman–Crippen MR) is 80.4 cm³/mol. The van der Waals surface area contributed by atoms with E-state index in [0.717, 1.165) is 24.0 Å². The van der Waals surface area contributed by atoms with Gasteiger partial charge in [0, 0.05) is 36.6 Å². The van der Waals surface area contributed by atoms with Gasteiger partial charge in [-0.15, -0.1) is 11.3 Å². The maximum Gasteiger partial charge on any atom is 0.0931 e. The van der Waals surface area contributed by atoms with Crippen LogP contribution in [0.3, 0.4) is 0 Å². The smallest absolute Gasteiger partial charge is 0.0931 e. The molecule has 0 aromatic carbocycles. The highest BCUT2D eigenvalue weighted by atomic mass is 35.5. The van der Waals surface area contributed by atoms with Gasteiger partial charge >= 0.3 is 0 Å². The van der Waals surface area contributed by atoms with E-state index in [2.05, 4.69) is 44.0 Å². The molecule has 2 heterocycles. The summed E-state index contributed by atoms with van der Waals surface area (Å²) in [6, 6.07) is 5.29. The van der Waals surface area contributed by atoms with Crippen molar-refractivity contribution in [2.45, 2.75) is 46.3 Å². The van der Waals surface area contributed by atoms with E-state index in [9.17, 15) is 0 Å². The summed E-state index contributed by atoms with van der Waals surface area (Å²) < 4.78 is 0.889. The number of rotatable bonds is 2. The largest absolute Gasteiger partial charge is 0.311 e. The van der Waals surface area contributed by atoms with Crippen LogP contribution in [-0.4, -0.2) is 30.1 Å². The first-order valence-corrected chi connectivity index (χ1v) is 7.77. The third kappa shape index (κ3) is 3.47. The predicted octanol–water partition coefficient (Wildman–Crippen LogP) is 3.61.